The molecule has 1 aromatic rings. The van der Waals surface area contributed by atoms with Gasteiger partial charge in [0.25, 0.3) is 5.69 Å². The third kappa shape index (κ3) is 3.41. The van der Waals surface area contributed by atoms with Crippen LogP contribution in [0.1, 0.15) is 31.9 Å². The van der Waals surface area contributed by atoms with Crippen LogP contribution in [0.2, 0.25) is 0 Å². The average Bonchev–Trinajstić information content (AvgIpc) is 2.35. The van der Waals surface area contributed by atoms with Gasteiger partial charge in [-0.15, -0.1) is 0 Å². The van der Waals surface area contributed by atoms with Gasteiger partial charge in [-0.05, 0) is 31.0 Å². The maximum Gasteiger partial charge on any atom is 0.333 e. The molecule has 0 aromatic heterocycles. The molecule has 0 spiro atoms. The molecule has 1 atom stereocenters. The second kappa shape index (κ2) is 5.95. The van der Waals surface area contributed by atoms with Crippen molar-refractivity contribution in [3.8, 4) is 0 Å². The Hall–Kier alpha value is -2.17. The van der Waals surface area contributed by atoms with Crippen molar-refractivity contribution in [2.75, 3.05) is 0 Å². The molecular formula is C13H15NO4. The molecular weight excluding hydrogens is 234 g/mol. The third-order valence-electron chi connectivity index (χ3n) is 2.44. The van der Waals surface area contributed by atoms with Crippen molar-refractivity contribution in [2.45, 2.75) is 26.4 Å². The number of non-ortho nitro benzene ring substituents is 1. The molecule has 1 unspecified atom stereocenters. The smallest absolute Gasteiger partial charge is 0.333 e. The first kappa shape index (κ1) is 13.9. The number of nitro benzene ring substituents is 1. The minimum atomic E-state index is -0.468. The normalized spacial score (nSPS) is 11.7. The number of rotatable bonds is 5. The molecule has 0 fully saturated rings. The van der Waals surface area contributed by atoms with Crippen LogP contribution >= 0.6 is 0 Å². The van der Waals surface area contributed by atoms with Crippen LogP contribution in [0.25, 0.3) is 0 Å². The highest BCUT2D eigenvalue weighted by molar-refractivity contribution is 5.87. The molecule has 5 heteroatoms. The molecule has 0 aliphatic heterocycles. The van der Waals surface area contributed by atoms with Crippen molar-refractivity contribution >= 4 is 11.7 Å². The Morgan fingerprint density at radius 1 is 1.44 bits per heavy atom. The maximum absolute atomic E-state index is 11.4. The largest absolute Gasteiger partial charge is 0.454 e. The highest BCUT2D eigenvalue weighted by Gasteiger charge is 2.16. The number of nitro groups is 1. The van der Waals surface area contributed by atoms with Crippen LogP contribution < -0.4 is 0 Å². The van der Waals surface area contributed by atoms with Crippen LogP contribution in [-0.2, 0) is 9.53 Å². The lowest BCUT2D eigenvalue weighted by Crippen LogP contribution is -2.11. The maximum atomic E-state index is 11.4. The summed E-state index contributed by atoms with van der Waals surface area (Å²) in [5, 5.41) is 10.5. The molecule has 0 amide bonds. The van der Waals surface area contributed by atoms with Crippen LogP contribution in [0.3, 0.4) is 0 Å². The van der Waals surface area contributed by atoms with E-state index in [-0.39, 0.29) is 5.69 Å². The first-order valence-corrected chi connectivity index (χ1v) is 5.56. The van der Waals surface area contributed by atoms with Crippen LogP contribution in [-0.4, -0.2) is 10.9 Å². The minimum absolute atomic E-state index is 0.0137. The number of hydrogen-bond acceptors (Lipinski definition) is 4. The summed E-state index contributed by atoms with van der Waals surface area (Å²) in [5.74, 6) is -0.458. The predicted molar refractivity (Wildman–Crippen MR) is 67.0 cm³/mol. The highest BCUT2D eigenvalue weighted by atomic mass is 16.6. The molecule has 0 bridgehead atoms. The Labute approximate surface area is 105 Å². The Kier molecular flexibility index (Phi) is 4.59. The molecule has 0 radical (unpaired) electrons. The van der Waals surface area contributed by atoms with E-state index in [1.54, 1.807) is 19.1 Å². The van der Waals surface area contributed by atoms with Gasteiger partial charge < -0.3 is 4.74 Å². The Morgan fingerprint density at radius 2 is 2.00 bits per heavy atom. The number of nitrogens with zero attached hydrogens (tertiary/aromatic N) is 1. The van der Waals surface area contributed by atoms with Crippen molar-refractivity contribution in [1.29, 1.82) is 0 Å². The summed E-state index contributed by atoms with van der Waals surface area (Å²) in [6, 6.07) is 5.98. The van der Waals surface area contributed by atoms with E-state index < -0.39 is 17.0 Å². The summed E-state index contributed by atoms with van der Waals surface area (Å²) >= 11 is 0. The molecule has 5 nitrogen and oxygen atoms in total. The van der Waals surface area contributed by atoms with E-state index in [1.165, 1.54) is 12.1 Å². The fourth-order valence-corrected chi connectivity index (χ4v) is 1.43. The number of ether oxygens (including phenoxy) is 1. The first-order valence-electron chi connectivity index (χ1n) is 5.56. The van der Waals surface area contributed by atoms with E-state index >= 15 is 0 Å². The molecule has 0 N–H and O–H groups in total. The van der Waals surface area contributed by atoms with Crippen LogP contribution in [0.15, 0.2) is 36.4 Å². The molecule has 0 saturated heterocycles. The van der Waals surface area contributed by atoms with E-state index in [9.17, 15) is 14.9 Å². The van der Waals surface area contributed by atoms with Crippen molar-refractivity contribution in [3.63, 3.8) is 0 Å². The topological polar surface area (TPSA) is 69.4 Å². The van der Waals surface area contributed by atoms with Gasteiger partial charge in [-0.25, -0.2) is 4.79 Å². The van der Waals surface area contributed by atoms with E-state index in [1.807, 2.05) is 6.92 Å². The molecule has 0 aliphatic carbocycles. The Morgan fingerprint density at radius 3 is 2.39 bits per heavy atom. The number of benzene rings is 1. The number of carbonyl (C=O) groups excluding carboxylic acids is 1. The zero-order valence-corrected chi connectivity index (χ0v) is 10.4. The monoisotopic (exact) mass is 249 g/mol. The van der Waals surface area contributed by atoms with Gasteiger partial charge in [0, 0.05) is 17.7 Å². The molecule has 1 rings (SSSR count). The van der Waals surface area contributed by atoms with Gasteiger partial charge >= 0.3 is 5.97 Å². The molecule has 0 saturated carbocycles. The Bertz CT molecular complexity index is 464. The van der Waals surface area contributed by atoms with Gasteiger partial charge in [0.15, 0.2) is 0 Å². The van der Waals surface area contributed by atoms with Gasteiger partial charge in [-0.3, -0.25) is 10.1 Å². The Balaban J connectivity index is 2.85. The summed E-state index contributed by atoms with van der Waals surface area (Å²) in [6.45, 7) is 6.96. The van der Waals surface area contributed by atoms with E-state index in [0.29, 0.717) is 12.0 Å². The predicted octanol–water partition coefficient (Wildman–Crippen LogP) is 3.17. The molecule has 0 heterocycles. The summed E-state index contributed by atoms with van der Waals surface area (Å²) < 4.78 is 5.24. The quantitative estimate of drug-likeness (QED) is 0.348. The lowest BCUT2D eigenvalue weighted by molar-refractivity contribution is -0.384. The number of hydrogen-bond donors (Lipinski definition) is 0. The van der Waals surface area contributed by atoms with Crippen molar-refractivity contribution in [1.82, 2.24) is 0 Å². The number of esters is 1. The fourth-order valence-electron chi connectivity index (χ4n) is 1.43. The van der Waals surface area contributed by atoms with Gasteiger partial charge in [0.05, 0.1) is 4.92 Å². The van der Waals surface area contributed by atoms with Gasteiger partial charge in [0.2, 0.25) is 0 Å². The SMILES string of the molecule is C=C(C)C(=O)OC(CC)c1ccc([N+](=O)[O-])cc1. The second-order valence-corrected chi connectivity index (χ2v) is 3.93. The fraction of sp³-hybridized carbons (Fsp3) is 0.308. The van der Waals surface area contributed by atoms with Crippen LogP contribution in [0.4, 0.5) is 5.69 Å². The number of carbonyl (C=O) groups is 1. The van der Waals surface area contributed by atoms with E-state index in [2.05, 4.69) is 6.58 Å². The van der Waals surface area contributed by atoms with Gasteiger partial charge in [-0.2, -0.15) is 0 Å². The molecule has 0 aliphatic rings. The second-order valence-electron chi connectivity index (χ2n) is 3.93. The van der Waals surface area contributed by atoms with Crippen molar-refractivity contribution in [2.24, 2.45) is 0 Å². The third-order valence-corrected chi connectivity index (χ3v) is 2.44. The van der Waals surface area contributed by atoms with Crippen LogP contribution in [0.5, 0.6) is 0 Å². The van der Waals surface area contributed by atoms with E-state index in [4.69, 9.17) is 4.74 Å². The van der Waals surface area contributed by atoms with Crippen LogP contribution in [0, 0.1) is 10.1 Å². The van der Waals surface area contributed by atoms with Gasteiger partial charge in [-0.1, -0.05) is 13.5 Å². The zero-order chi connectivity index (χ0) is 13.7. The lowest BCUT2D eigenvalue weighted by Gasteiger charge is -2.16. The standard InChI is InChI=1S/C13H15NO4/c1-4-12(18-13(15)9(2)3)10-5-7-11(8-6-10)14(16)17/h5-8,12H,2,4H2,1,3H3. The summed E-state index contributed by atoms with van der Waals surface area (Å²) in [5.41, 5.74) is 1.08. The van der Waals surface area contributed by atoms with Gasteiger partial charge in [0.1, 0.15) is 6.10 Å². The average molecular weight is 249 g/mol. The van der Waals surface area contributed by atoms with Crippen molar-refractivity contribution < 1.29 is 14.5 Å². The summed E-state index contributed by atoms with van der Waals surface area (Å²) in [6.07, 6.45) is 0.187. The molecule has 18 heavy (non-hydrogen) atoms. The minimum Gasteiger partial charge on any atom is -0.454 e. The summed E-state index contributed by atoms with van der Waals surface area (Å²) in [7, 11) is 0. The first-order chi connectivity index (χ1) is 8.45. The molecule has 1 aromatic carbocycles. The van der Waals surface area contributed by atoms with Crippen molar-refractivity contribution in [3.05, 3.63) is 52.1 Å². The highest BCUT2D eigenvalue weighted by Crippen LogP contribution is 2.24. The summed E-state index contributed by atoms with van der Waals surface area (Å²) in [4.78, 5) is 21.5. The lowest BCUT2D eigenvalue weighted by atomic mass is 10.1. The van der Waals surface area contributed by atoms with E-state index in [0.717, 1.165) is 5.56 Å². The molecule has 96 valence electrons. The zero-order valence-electron chi connectivity index (χ0n) is 10.4.